The van der Waals surface area contributed by atoms with Crippen LogP contribution in [-0.4, -0.2) is 7.05 Å². The Kier molecular flexibility index (Phi) is 2.89. The highest BCUT2D eigenvalue weighted by molar-refractivity contribution is 5.65. The van der Waals surface area contributed by atoms with Crippen molar-refractivity contribution in [1.82, 2.24) is 5.32 Å². The highest BCUT2D eigenvalue weighted by Crippen LogP contribution is 2.31. The molecular formula is C11H13F2N. The van der Waals surface area contributed by atoms with Crippen LogP contribution in [0.2, 0.25) is 0 Å². The van der Waals surface area contributed by atoms with Crippen molar-refractivity contribution in [2.75, 3.05) is 7.05 Å². The first-order valence-electron chi connectivity index (χ1n) is 4.31. The summed E-state index contributed by atoms with van der Waals surface area (Å²) >= 11 is 0. The summed E-state index contributed by atoms with van der Waals surface area (Å²) in [4.78, 5) is 0. The van der Waals surface area contributed by atoms with Crippen LogP contribution in [0, 0.1) is 0 Å². The second-order valence-electron chi connectivity index (χ2n) is 3.16. The minimum atomic E-state index is -2.84. The molecule has 1 aromatic carbocycles. The number of hydrogen-bond acceptors (Lipinski definition) is 1. The van der Waals surface area contributed by atoms with Gasteiger partial charge in [0.05, 0.1) is 0 Å². The fourth-order valence-corrected chi connectivity index (χ4v) is 1.26. The zero-order valence-electron chi connectivity index (χ0n) is 8.27. The quantitative estimate of drug-likeness (QED) is 0.785. The molecule has 1 rings (SSSR count). The summed E-state index contributed by atoms with van der Waals surface area (Å²) in [5, 5.41) is 2.77. The van der Waals surface area contributed by atoms with Crippen molar-refractivity contribution in [3.8, 4) is 0 Å². The van der Waals surface area contributed by atoms with Crippen molar-refractivity contribution < 1.29 is 8.78 Å². The van der Waals surface area contributed by atoms with Gasteiger partial charge in [0.1, 0.15) is 0 Å². The van der Waals surface area contributed by atoms with Crippen LogP contribution >= 0.6 is 0 Å². The molecule has 0 bridgehead atoms. The molecule has 0 amide bonds. The van der Waals surface area contributed by atoms with Gasteiger partial charge in [0, 0.05) is 30.8 Å². The maximum absolute atomic E-state index is 13.1. The third kappa shape index (κ3) is 2.10. The van der Waals surface area contributed by atoms with Crippen molar-refractivity contribution in [2.45, 2.75) is 12.8 Å². The van der Waals surface area contributed by atoms with E-state index in [4.69, 9.17) is 0 Å². The van der Waals surface area contributed by atoms with Gasteiger partial charge in [-0.2, -0.15) is 0 Å². The first-order chi connectivity index (χ1) is 6.46. The lowest BCUT2D eigenvalue weighted by Gasteiger charge is -2.16. The third-order valence-corrected chi connectivity index (χ3v) is 2.03. The lowest BCUT2D eigenvalue weighted by molar-refractivity contribution is 0.0172. The van der Waals surface area contributed by atoms with Gasteiger partial charge in [0.2, 0.25) is 0 Å². The van der Waals surface area contributed by atoms with Crippen molar-refractivity contribution in [1.29, 1.82) is 0 Å². The molecule has 0 fully saturated rings. The Hall–Kier alpha value is -1.38. The lowest BCUT2D eigenvalue weighted by atomic mass is 10.0. The number of halogens is 2. The average Bonchev–Trinajstić information content (AvgIpc) is 2.15. The van der Waals surface area contributed by atoms with Crippen LogP contribution in [0.5, 0.6) is 0 Å². The Bertz CT molecular complexity index is 339. The molecule has 1 aromatic rings. The highest BCUT2D eigenvalue weighted by atomic mass is 19.3. The lowest BCUT2D eigenvalue weighted by Crippen LogP contribution is -2.13. The minimum Gasteiger partial charge on any atom is -0.388 e. The summed E-state index contributed by atoms with van der Waals surface area (Å²) in [5.41, 5.74) is 0.962. The van der Waals surface area contributed by atoms with E-state index in [-0.39, 0.29) is 5.56 Å². The highest BCUT2D eigenvalue weighted by Gasteiger charge is 2.27. The van der Waals surface area contributed by atoms with E-state index in [0.717, 1.165) is 6.92 Å². The summed E-state index contributed by atoms with van der Waals surface area (Å²) in [6, 6.07) is 6.36. The molecule has 0 aliphatic heterocycles. The summed E-state index contributed by atoms with van der Waals surface area (Å²) in [7, 11) is 1.66. The van der Waals surface area contributed by atoms with Crippen LogP contribution in [0.4, 0.5) is 8.78 Å². The van der Waals surface area contributed by atoms with Gasteiger partial charge in [-0.15, -0.1) is 0 Å². The summed E-state index contributed by atoms with van der Waals surface area (Å²) in [6.07, 6.45) is 0. The zero-order valence-corrected chi connectivity index (χ0v) is 8.27. The second kappa shape index (κ2) is 3.78. The molecular weight excluding hydrogens is 184 g/mol. The molecule has 76 valence electrons. The van der Waals surface area contributed by atoms with E-state index in [0.29, 0.717) is 11.3 Å². The summed E-state index contributed by atoms with van der Waals surface area (Å²) in [5.74, 6) is -2.84. The first-order valence-corrected chi connectivity index (χ1v) is 4.31. The van der Waals surface area contributed by atoms with Gasteiger partial charge >= 0.3 is 0 Å². The fraction of sp³-hybridized carbons (Fsp3) is 0.273. The molecule has 14 heavy (non-hydrogen) atoms. The third-order valence-electron chi connectivity index (χ3n) is 2.03. The zero-order chi connectivity index (χ0) is 10.8. The summed E-state index contributed by atoms with van der Waals surface area (Å²) < 4.78 is 26.3. The Balaban J connectivity index is 3.23. The molecule has 0 aliphatic carbocycles. The Labute approximate surface area is 82.4 Å². The normalized spacial score (nSPS) is 11.1. The average molecular weight is 197 g/mol. The molecule has 0 radical (unpaired) electrons. The Morgan fingerprint density at radius 1 is 1.36 bits per heavy atom. The number of rotatable bonds is 3. The van der Waals surface area contributed by atoms with Crippen LogP contribution in [-0.2, 0) is 5.92 Å². The molecule has 0 aromatic heterocycles. The van der Waals surface area contributed by atoms with Crippen LogP contribution in [0.1, 0.15) is 18.1 Å². The molecule has 1 nitrogen and oxygen atoms in total. The van der Waals surface area contributed by atoms with Gasteiger partial charge in [-0.05, 0) is 0 Å². The predicted molar refractivity (Wildman–Crippen MR) is 54.1 cm³/mol. The summed E-state index contributed by atoms with van der Waals surface area (Å²) in [6.45, 7) is 4.56. The van der Waals surface area contributed by atoms with Crippen molar-refractivity contribution in [3.63, 3.8) is 0 Å². The number of alkyl halides is 2. The molecule has 1 N–H and O–H groups in total. The van der Waals surface area contributed by atoms with E-state index in [1.54, 1.807) is 25.2 Å². The van der Waals surface area contributed by atoms with Crippen LogP contribution in [0.15, 0.2) is 30.8 Å². The molecule has 0 heterocycles. The monoisotopic (exact) mass is 197 g/mol. The standard InChI is InChI=1S/C11H13F2N/c1-8(14-3)9-6-4-5-7-10(9)11(2,12)13/h4-7,14H,1H2,2-3H3. The first kappa shape index (κ1) is 10.7. The predicted octanol–water partition coefficient (Wildman–Crippen LogP) is 2.99. The number of hydrogen-bond donors (Lipinski definition) is 1. The molecule has 0 unspecified atom stereocenters. The van der Waals surface area contributed by atoms with Crippen molar-refractivity contribution in [3.05, 3.63) is 42.0 Å². The SMILES string of the molecule is C=C(NC)c1ccccc1C(C)(F)F. The second-order valence-corrected chi connectivity index (χ2v) is 3.16. The Morgan fingerprint density at radius 2 is 1.93 bits per heavy atom. The molecule has 3 heteroatoms. The minimum absolute atomic E-state index is 0.000602. The van der Waals surface area contributed by atoms with Crippen LogP contribution < -0.4 is 5.32 Å². The maximum Gasteiger partial charge on any atom is 0.271 e. The van der Waals surface area contributed by atoms with Gasteiger partial charge in [-0.25, -0.2) is 8.78 Å². The van der Waals surface area contributed by atoms with Crippen LogP contribution in [0.25, 0.3) is 5.70 Å². The molecule has 0 atom stereocenters. The fourth-order valence-electron chi connectivity index (χ4n) is 1.26. The molecule has 0 aliphatic rings. The molecule has 0 spiro atoms. The largest absolute Gasteiger partial charge is 0.388 e. The van der Waals surface area contributed by atoms with Gasteiger partial charge in [-0.1, -0.05) is 30.8 Å². The van der Waals surface area contributed by atoms with Crippen molar-refractivity contribution >= 4 is 5.70 Å². The van der Waals surface area contributed by atoms with E-state index >= 15 is 0 Å². The number of nitrogens with one attached hydrogen (secondary N) is 1. The topological polar surface area (TPSA) is 12.0 Å². The maximum atomic E-state index is 13.1. The number of benzene rings is 1. The Morgan fingerprint density at radius 3 is 2.43 bits per heavy atom. The van der Waals surface area contributed by atoms with Gasteiger partial charge in [0.15, 0.2) is 0 Å². The smallest absolute Gasteiger partial charge is 0.271 e. The van der Waals surface area contributed by atoms with E-state index in [1.807, 2.05) is 0 Å². The van der Waals surface area contributed by atoms with Crippen molar-refractivity contribution in [2.24, 2.45) is 0 Å². The molecule has 0 saturated carbocycles. The molecule has 0 saturated heterocycles. The van der Waals surface area contributed by atoms with E-state index in [2.05, 4.69) is 11.9 Å². The van der Waals surface area contributed by atoms with E-state index < -0.39 is 5.92 Å². The van der Waals surface area contributed by atoms with Gasteiger partial charge in [0.25, 0.3) is 5.92 Å². The van der Waals surface area contributed by atoms with E-state index in [9.17, 15) is 8.78 Å². The van der Waals surface area contributed by atoms with Gasteiger partial charge in [-0.3, -0.25) is 0 Å². The van der Waals surface area contributed by atoms with Gasteiger partial charge < -0.3 is 5.32 Å². The van der Waals surface area contributed by atoms with E-state index in [1.165, 1.54) is 6.07 Å². The van der Waals surface area contributed by atoms with Crippen LogP contribution in [0.3, 0.4) is 0 Å².